The van der Waals surface area contributed by atoms with Crippen LogP contribution in [-0.2, 0) is 0 Å². The van der Waals surface area contributed by atoms with Gasteiger partial charge in [-0.25, -0.2) is 0 Å². The molecule has 1 aromatic rings. The van der Waals surface area contributed by atoms with Crippen LogP contribution in [0.25, 0.3) is 0 Å². The summed E-state index contributed by atoms with van der Waals surface area (Å²) < 4.78 is 0. The monoisotopic (exact) mass is 234 g/mol. The van der Waals surface area contributed by atoms with Crippen LogP contribution in [0.15, 0.2) is 18.2 Å². The zero-order valence-corrected chi connectivity index (χ0v) is 10.4. The van der Waals surface area contributed by atoms with E-state index in [1.807, 2.05) is 6.07 Å². The number of nitrogens with two attached hydrogens (primary N) is 1. The summed E-state index contributed by atoms with van der Waals surface area (Å²) in [6.07, 6.45) is 5.27. The summed E-state index contributed by atoms with van der Waals surface area (Å²) in [4.78, 5) is 0.468. The molecule has 3 N–H and O–H groups in total. The second-order valence-electron chi connectivity index (χ2n) is 4.52. The number of hydrogen-bond acceptors (Lipinski definition) is 2. The number of thiocarbonyl (C=S) groups is 1. The van der Waals surface area contributed by atoms with E-state index >= 15 is 0 Å². The van der Waals surface area contributed by atoms with E-state index in [1.165, 1.54) is 36.9 Å². The van der Waals surface area contributed by atoms with Gasteiger partial charge in [0.15, 0.2) is 0 Å². The lowest BCUT2D eigenvalue weighted by molar-refractivity contribution is 0.754. The van der Waals surface area contributed by atoms with Crippen LogP contribution in [0.3, 0.4) is 0 Å². The van der Waals surface area contributed by atoms with Crippen molar-refractivity contribution < 1.29 is 0 Å². The molecule has 16 heavy (non-hydrogen) atoms. The fraction of sp³-hybridized carbons (Fsp3) is 0.462. The van der Waals surface area contributed by atoms with Crippen molar-refractivity contribution in [2.75, 3.05) is 5.32 Å². The van der Waals surface area contributed by atoms with E-state index in [0.717, 1.165) is 5.56 Å². The van der Waals surface area contributed by atoms with E-state index in [1.54, 1.807) is 0 Å². The average molecular weight is 234 g/mol. The van der Waals surface area contributed by atoms with Gasteiger partial charge in [-0.1, -0.05) is 25.1 Å². The smallest absolute Gasteiger partial charge is 0.103 e. The minimum atomic E-state index is 0.468. The lowest BCUT2D eigenvalue weighted by atomic mass is 10.1. The molecule has 0 unspecified atom stereocenters. The molecule has 1 aliphatic rings. The van der Waals surface area contributed by atoms with E-state index in [-0.39, 0.29) is 0 Å². The molecular weight excluding hydrogens is 216 g/mol. The number of benzene rings is 1. The third-order valence-corrected chi connectivity index (χ3v) is 3.46. The van der Waals surface area contributed by atoms with Crippen LogP contribution in [-0.4, -0.2) is 11.0 Å². The minimum absolute atomic E-state index is 0.468. The Kier molecular flexibility index (Phi) is 3.44. The number of anilines is 1. The summed E-state index contributed by atoms with van der Waals surface area (Å²) in [6.45, 7) is 2.10. The molecule has 0 bridgehead atoms. The number of hydrogen-bond donors (Lipinski definition) is 2. The summed E-state index contributed by atoms with van der Waals surface area (Å²) >= 11 is 4.97. The molecule has 0 spiro atoms. The van der Waals surface area contributed by atoms with E-state index in [9.17, 15) is 0 Å². The van der Waals surface area contributed by atoms with Crippen molar-refractivity contribution >= 4 is 22.9 Å². The Bertz CT molecular complexity index is 395. The standard InChI is InChI=1S/C13H18N2S/c1-9-8-10(13(14)16)6-7-12(9)15-11-4-2-3-5-11/h6-8,11,15H,2-5H2,1H3,(H2,14,16). The predicted molar refractivity (Wildman–Crippen MR) is 72.9 cm³/mol. The summed E-state index contributed by atoms with van der Waals surface area (Å²) in [5, 5.41) is 3.59. The van der Waals surface area contributed by atoms with Gasteiger partial charge in [0, 0.05) is 17.3 Å². The van der Waals surface area contributed by atoms with Gasteiger partial charge >= 0.3 is 0 Å². The van der Waals surface area contributed by atoms with Crippen LogP contribution in [0.1, 0.15) is 36.8 Å². The maximum atomic E-state index is 5.61. The van der Waals surface area contributed by atoms with E-state index in [2.05, 4.69) is 24.4 Å². The third kappa shape index (κ3) is 2.53. The van der Waals surface area contributed by atoms with Crippen molar-refractivity contribution in [1.82, 2.24) is 0 Å². The Morgan fingerprint density at radius 3 is 2.62 bits per heavy atom. The van der Waals surface area contributed by atoms with Crippen LogP contribution in [0.2, 0.25) is 0 Å². The van der Waals surface area contributed by atoms with Gasteiger partial charge < -0.3 is 11.1 Å². The van der Waals surface area contributed by atoms with Gasteiger partial charge in [0.25, 0.3) is 0 Å². The molecule has 2 rings (SSSR count). The maximum absolute atomic E-state index is 5.61. The van der Waals surface area contributed by atoms with Crippen LogP contribution >= 0.6 is 12.2 Å². The molecule has 0 saturated heterocycles. The molecule has 3 heteroatoms. The van der Waals surface area contributed by atoms with Gasteiger partial charge in [-0.2, -0.15) is 0 Å². The van der Waals surface area contributed by atoms with E-state index < -0.39 is 0 Å². The minimum Gasteiger partial charge on any atom is -0.389 e. The number of nitrogens with one attached hydrogen (secondary N) is 1. The van der Waals surface area contributed by atoms with Crippen LogP contribution in [0.5, 0.6) is 0 Å². The largest absolute Gasteiger partial charge is 0.389 e. The number of rotatable bonds is 3. The lowest BCUT2D eigenvalue weighted by Gasteiger charge is -2.16. The van der Waals surface area contributed by atoms with Gasteiger partial charge in [0.1, 0.15) is 4.99 Å². The Morgan fingerprint density at radius 2 is 2.06 bits per heavy atom. The highest BCUT2D eigenvalue weighted by Crippen LogP contribution is 2.24. The van der Waals surface area contributed by atoms with Crippen molar-refractivity contribution in [1.29, 1.82) is 0 Å². The highest BCUT2D eigenvalue weighted by Gasteiger charge is 2.15. The third-order valence-electron chi connectivity index (χ3n) is 3.23. The van der Waals surface area contributed by atoms with Crippen molar-refractivity contribution in [3.05, 3.63) is 29.3 Å². The summed E-state index contributed by atoms with van der Waals surface area (Å²) in [7, 11) is 0. The Morgan fingerprint density at radius 1 is 1.38 bits per heavy atom. The Labute approximate surface area is 102 Å². The molecule has 0 heterocycles. The molecule has 0 aliphatic heterocycles. The van der Waals surface area contributed by atoms with E-state index in [0.29, 0.717) is 11.0 Å². The lowest BCUT2D eigenvalue weighted by Crippen LogP contribution is -2.16. The Balaban J connectivity index is 2.12. The molecule has 1 aromatic carbocycles. The molecule has 0 radical (unpaired) electrons. The molecule has 1 saturated carbocycles. The maximum Gasteiger partial charge on any atom is 0.103 e. The summed E-state index contributed by atoms with van der Waals surface area (Å²) in [5.74, 6) is 0. The molecule has 1 aliphatic carbocycles. The first-order chi connectivity index (χ1) is 7.66. The highest BCUT2D eigenvalue weighted by atomic mass is 32.1. The molecule has 0 atom stereocenters. The second kappa shape index (κ2) is 4.83. The van der Waals surface area contributed by atoms with Gasteiger partial charge in [0.05, 0.1) is 0 Å². The fourth-order valence-corrected chi connectivity index (χ4v) is 2.40. The second-order valence-corrected chi connectivity index (χ2v) is 4.96. The van der Waals surface area contributed by atoms with Crippen LogP contribution < -0.4 is 11.1 Å². The molecule has 0 aromatic heterocycles. The summed E-state index contributed by atoms with van der Waals surface area (Å²) in [6, 6.07) is 6.78. The van der Waals surface area contributed by atoms with Crippen molar-refractivity contribution in [3.8, 4) is 0 Å². The molecular formula is C13H18N2S. The van der Waals surface area contributed by atoms with Crippen molar-refractivity contribution in [2.45, 2.75) is 38.6 Å². The zero-order chi connectivity index (χ0) is 11.5. The first kappa shape index (κ1) is 11.4. The first-order valence-electron chi connectivity index (χ1n) is 5.84. The van der Waals surface area contributed by atoms with Gasteiger partial charge in [0.2, 0.25) is 0 Å². The topological polar surface area (TPSA) is 38.0 Å². The SMILES string of the molecule is Cc1cc(C(N)=S)ccc1NC1CCCC1. The van der Waals surface area contributed by atoms with Crippen LogP contribution in [0.4, 0.5) is 5.69 Å². The van der Waals surface area contributed by atoms with E-state index in [4.69, 9.17) is 18.0 Å². The van der Waals surface area contributed by atoms with Gasteiger partial charge in [-0.15, -0.1) is 0 Å². The molecule has 86 valence electrons. The van der Waals surface area contributed by atoms with Gasteiger partial charge in [-0.05, 0) is 43.5 Å². The van der Waals surface area contributed by atoms with Crippen LogP contribution in [0, 0.1) is 6.92 Å². The fourth-order valence-electron chi connectivity index (χ4n) is 2.27. The summed E-state index contributed by atoms with van der Waals surface area (Å²) in [5.41, 5.74) is 8.99. The molecule has 0 amide bonds. The predicted octanol–water partition coefficient (Wildman–Crippen LogP) is 2.98. The number of aryl methyl sites for hydroxylation is 1. The molecule has 1 fully saturated rings. The Hall–Kier alpha value is -1.09. The molecule has 2 nitrogen and oxygen atoms in total. The highest BCUT2D eigenvalue weighted by molar-refractivity contribution is 7.80. The van der Waals surface area contributed by atoms with Gasteiger partial charge in [-0.3, -0.25) is 0 Å². The zero-order valence-electron chi connectivity index (χ0n) is 9.62. The first-order valence-corrected chi connectivity index (χ1v) is 6.24. The van der Waals surface area contributed by atoms with Crippen molar-refractivity contribution in [3.63, 3.8) is 0 Å². The quantitative estimate of drug-likeness (QED) is 0.790. The average Bonchev–Trinajstić information content (AvgIpc) is 2.73. The van der Waals surface area contributed by atoms with Crippen molar-refractivity contribution in [2.24, 2.45) is 5.73 Å². The normalized spacial score (nSPS) is 16.3.